The number of carboxylic acids is 2. The van der Waals surface area contributed by atoms with Crippen molar-refractivity contribution in [3.8, 4) is 0 Å². The average molecular weight is 320 g/mol. The van der Waals surface area contributed by atoms with E-state index in [-0.39, 0.29) is 5.75 Å². The molecule has 3 N–H and O–H groups in total. The number of carboxylic acid groups (broad SMARTS) is 2. The van der Waals surface area contributed by atoms with Crippen LogP contribution in [-0.2, 0) is 9.59 Å². The van der Waals surface area contributed by atoms with Gasteiger partial charge in [-0.3, -0.25) is 4.79 Å². The summed E-state index contributed by atoms with van der Waals surface area (Å²) in [6.45, 7) is 0.972. The first-order valence-corrected chi connectivity index (χ1v) is 7.16. The molecule has 2 aliphatic rings. The van der Waals surface area contributed by atoms with Crippen LogP contribution in [0.4, 0.5) is 0 Å². The summed E-state index contributed by atoms with van der Waals surface area (Å²) >= 11 is 1.09. The van der Waals surface area contributed by atoms with Gasteiger partial charge in [-0.15, -0.1) is 0 Å². The summed E-state index contributed by atoms with van der Waals surface area (Å²) in [5.41, 5.74) is 2.59. The van der Waals surface area contributed by atoms with Crippen molar-refractivity contribution in [2.45, 2.75) is 6.92 Å². The van der Waals surface area contributed by atoms with Gasteiger partial charge in [-0.2, -0.15) is 10.4 Å². The van der Waals surface area contributed by atoms with Crippen LogP contribution in [0.25, 0.3) is 5.70 Å². The van der Waals surface area contributed by atoms with Crippen molar-refractivity contribution >= 4 is 40.4 Å². The van der Waals surface area contributed by atoms with E-state index < -0.39 is 11.9 Å². The summed E-state index contributed by atoms with van der Waals surface area (Å²) < 4.78 is 0. The van der Waals surface area contributed by atoms with Crippen LogP contribution in [0.15, 0.2) is 39.4 Å². The molecule has 0 fully saturated rings. The van der Waals surface area contributed by atoms with Gasteiger partial charge < -0.3 is 15.0 Å². The number of hydrogen-bond acceptors (Lipinski definition) is 7. The third-order valence-electron chi connectivity index (χ3n) is 2.49. The molecule has 0 radical (unpaired) electrons. The largest absolute Gasteiger partial charge is 0.550 e. The molecule has 9 heteroatoms. The molecule has 1 aromatic carbocycles. The SMILES string of the molecule is CC(=O)[O-].O=C(O)CSC1=N[NH2+]C2=c3ccccc3=NC2=N1. The van der Waals surface area contributed by atoms with Crippen LogP contribution in [0.3, 0.4) is 0 Å². The zero-order chi connectivity index (χ0) is 16.1. The third kappa shape index (κ3) is 3.99. The lowest BCUT2D eigenvalue weighted by Crippen LogP contribution is -2.79. The molecule has 0 atom stereocenters. The Kier molecular flexibility index (Phi) is 5.02. The molecule has 0 bridgehead atoms. The number of aliphatic carboxylic acids is 2. The topological polar surface area (TPSA) is 131 Å². The van der Waals surface area contributed by atoms with E-state index in [2.05, 4.69) is 15.1 Å². The standard InChI is InChI=1S/C11H8N4O2S.C2H4O2/c16-8(17)5-18-11-13-10-9(14-15-11)6-3-1-2-4-7(6)12-10;1-2(3)4/h1-4,14H,5H2,(H,16,17);1H3,(H,3,4). The van der Waals surface area contributed by atoms with Crippen LogP contribution in [0.2, 0.25) is 0 Å². The van der Waals surface area contributed by atoms with Gasteiger partial charge in [0.1, 0.15) is 0 Å². The van der Waals surface area contributed by atoms with E-state index in [9.17, 15) is 4.79 Å². The maximum atomic E-state index is 10.5. The van der Waals surface area contributed by atoms with Crippen molar-refractivity contribution in [3.05, 3.63) is 34.8 Å². The highest BCUT2D eigenvalue weighted by molar-refractivity contribution is 8.14. The third-order valence-corrected chi connectivity index (χ3v) is 3.34. The smallest absolute Gasteiger partial charge is 0.313 e. The second kappa shape index (κ2) is 6.96. The first-order chi connectivity index (χ1) is 10.5. The van der Waals surface area contributed by atoms with Gasteiger partial charge in [0.2, 0.25) is 16.7 Å². The molecule has 0 amide bonds. The number of para-hydroxylation sites is 1. The molecule has 3 rings (SSSR count). The Morgan fingerprint density at radius 1 is 1.32 bits per heavy atom. The Balaban J connectivity index is 0.000000396. The number of carbonyl (C=O) groups is 2. The van der Waals surface area contributed by atoms with Crippen LogP contribution in [0, 0.1) is 0 Å². The van der Waals surface area contributed by atoms with Crippen molar-refractivity contribution in [3.63, 3.8) is 0 Å². The fraction of sp³-hybridized carbons (Fsp3) is 0.154. The van der Waals surface area contributed by atoms with Crippen LogP contribution in [0.5, 0.6) is 0 Å². The van der Waals surface area contributed by atoms with Crippen LogP contribution < -0.4 is 21.1 Å². The number of thioether (sulfide) groups is 1. The number of nitrogens with zero attached hydrogens (tertiary/aromatic N) is 3. The van der Waals surface area contributed by atoms with E-state index in [1.807, 2.05) is 24.3 Å². The van der Waals surface area contributed by atoms with Crippen molar-refractivity contribution in [2.75, 3.05) is 5.75 Å². The summed E-state index contributed by atoms with van der Waals surface area (Å²) in [4.78, 5) is 28.0. The highest BCUT2D eigenvalue weighted by Crippen LogP contribution is 2.09. The molecule has 0 saturated carbocycles. The van der Waals surface area contributed by atoms with Gasteiger partial charge in [0, 0.05) is 5.97 Å². The summed E-state index contributed by atoms with van der Waals surface area (Å²) in [5.74, 6) is -1.41. The predicted octanol–water partition coefficient (Wildman–Crippen LogP) is -2.75. The molecule has 22 heavy (non-hydrogen) atoms. The van der Waals surface area contributed by atoms with E-state index in [1.165, 1.54) is 0 Å². The highest BCUT2D eigenvalue weighted by Gasteiger charge is 2.24. The maximum Gasteiger partial charge on any atom is 0.313 e. The Hall–Kier alpha value is -2.52. The molecular formula is C13H12N4O4S. The van der Waals surface area contributed by atoms with Crippen LogP contribution >= 0.6 is 11.8 Å². The molecule has 0 spiro atoms. The number of nitrogens with two attached hydrogens (primary N) is 1. The zero-order valence-electron chi connectivity index (χ0n) is 11.5. The molecule has 0 aliphatic carbocycles. The normalized spacial score (nSPS) is 14.5. The fourth-order valence-electron chi connectivity index (χ4n) is 1.74. The van der Waals surface area contributed by atoms with E-state index in [1.54, 1.807) is 5.43 Å². The minimum Gasteiger partial charge on any atom is -0.550 e. The fourth-order valence-corrected chi connectivity index (χ4v) is 2.27. The highest BCUT2D eigenvalue weighted by atomic mass is 32.2. The van der Waals surface area contributed by atoms with E-state index in [0.717, 1.165) is 35.0 Å². The molecule has 2 aliphatic heterocycles. The number of aliphatic imine (C=N–C) groups is 1. The number of hydrogen-bond donors (Lipinski definition) is 2. The van der Waals surface area contributed by atoms with Gasteiger partial charge in [-0.1, -0.05) is 29.0 Å². The average Bonchev–Trinajstić information content (AvgIpc) is 2.82. The van der Waals surface area contributed by atoms with Crippen LogP contribution in [0.1, 0.15) is 6.92 Å². The second-order valence-corrected chi connectivity index (χ2v) is 5.14. The Bertz CT molecular complexity index is 797. The number of carbonyl (C=O) groups excluding carboxylic acids is 1. The van der Waals surface area contributed by atoms with Gasteiger partial charge in [-0.25, -0.2) is 4.99 Å². The summed E-state index contributed by atoms with van der Waals surface area (Å²) in [7, 11) is 0. The van der Waals surface area contributed by atoms with Crippen molar-refractivity contribution in [2.24, 2.45) is 15.1 Å². The van der Waals surface area contributed by atoms with Gasteiger partial charge in [0.25, 0.3) is 0 Å². The quantitative estimate of drug-likeness (QED) is 0.570. The molecule has 8 nitrogen and oxygen atoms in total. The van der Waals surface area contributed by atoms with E-state index >= 15 is 0 Å². The number of benzene rings is 1. The van der Waals surface area contributed by atoms with Crippen molar-refractivity contribution in [1.29, 1.82) is 0 Å². The molecule has 0 saturated heterocycles. The van der Waals surface area contributed by atoms with E-state index in [4.69, 9.17) is 15.0 Å². The minimum atomic E-state index is -1.08. The Labute approximate surface area is 129 Å². The summed E-state index contributed by atoms with van der Waals surface area (Å²) in [6, 6.07) is 7.75. The molecule has 1 aromatic rings. The molecular weight excluding hydrogens is 308 g/mol. The lowest BCUT2D eigenvalue weighted by atomic mass is 10.2. The summed E-state index contributed by atoms with van der Waals surface area (Å²) in [5, 5.41) is 24.0. The van der Waals surface area contributed by atoms with Gasteiger partial charge in [-0.05, 0) is 19.1 Å². The lowest BCUT2D eigenvalue weighted by molar-refractivity contribution is -0.567. The molecule has 114 valence electrons. The monoisotopic (exact) mass is 320 g/mol. The number of quaternary nitrogens is 1. The predicted molar refractivity (Wildman–Crippen MR) is 78.2 cm³/mol. The van der Waals surface area contributed by atoms with Gasteiger partial charge in [0.15, 0.2) is 0 Å². The van der Waals surface area contributed by atoms with Gasteiger partial charge >= 0.3 is 5.97 Å². The molecule has 0 aromatic heterocycles. The first-order valence-electron chi connectivity index (χ1n) is 6.17. The van der Waals surface area contributed by atoms with Crippen molar-refractivity contribution < 1.29 is 25.2 Å². The lowest BCUT2D eigenvalue weighted by Gasteiger charge is -2.04. The van der Waals surface area contributed by atoms with Gasteiger partial charge in [0.05, 0.1) is 16.3 Å². The zero-order valence-corrected chi connectivity index (χ0v) is 12.3. The maximum absolute atomic E-state index is 10.5. The van der Waals surface area contributed by atoms with Crippen molar-refractivity contribution in [1.82, 2.24) is 0 Å². The molecule has 2 heterocycles. The Morgan fingerprint density at radius 2 is 2.00 bits per heavy atom. The second-order valence-electron chi connectivity index (χ2n) is 4.19. The van der Waals surface area contributed by atoms with E-state index in [0.29, 0.717) is 11.0 Å². The number of fused-ring (bicyclic) bond motifs is 2. The summed E-state index contributed by atoms with van der Waals surface area (Å²) in [6.07, 6.45) is 0. The number of amidine groups is 2. The first kappa shape index (κ1) is 15.9. The number of rotatable bonds is 2. The molecule has 0 unspecified atom stereocenters. The van der Waals surface area contributed by atoms with Crippen LogP contribution in [-0.4, -0.2) is 33.8 Å². The Morgan fingerprint density at radius 3 is 2.68 bits per heavy atom. The minimum absolute atomic E-state index is 0.0499.